The van der Waals surface area contributed by atoms with Crippen LogP contribution in [0.5, 0.6) is 0 Å². The molecule has 4 nitrogen and oxygen atoms in total. The van der Waals surface area contributed by atoms with Crippen molar-refractivity contribution < 1.29 is 9.90 Å². The predicted octanol–water partition coefficient (Wildman–Crippen LogP) is 2.01. The average molecular weight is 244 g/mol. The number of carbonyl (C=O) groups is 1. The highest BCUT2D eigenvalue weighted by Crippen LogP contribution is 2.24. The second-order valence-corrected chi connectivity index (χ2v) is 5.46. The van der Waals surface area contributed by atoms with Crippen molar-refractivity contribution in [2.75, 3.05) is 23.4 Å². The van der Waals surface area contributed by atoms with Crippen LogP contribution in [0.2, 0.25) is 0 Å². The predicted molar refractivity (Wildman–Crippen MR) is 63.0 cm³/mol. The van der Waals surface area contributed by atoms with Gasteiger partial charge in [-0.1, -0.05) is 0 Å². The maximum atomic E-state index is 10.6. The van der Waals surface area contributed by atoms with E-state index in [4.69, 9.17) is 5.11 Å². The van der Waals surface area contributed by atoms with Crippen molar-refractivity contribution in [3.63, 3.8) is 0 Å². The summed E-state index contributed by atoms with van der Waals surface area (Å²) in [6.07, 6.45) is 1.24. The Bertz CT molecular complexity index is 348. The first kappa shape index (κ1) is 10.8. The molecular formula is C9H12N2O2S2. The molecule has 2 rings (SSSR count). The van der Waals surface area contributed by atoms with Crippen molar-refractivity contribution in [2.24, 2.45) is 5.92 Å². The fourth-order valence-corrected chi connectivity index (χ4v) is 3.41. The molecule has 1 aromatic rings. The Kier molecular flexibility index (Phi) is 3.48. The molecule has 1 aliphatic rings. The van der Waals surface area contributed by atoms with Gasteiger partial charge in [0.2, 0.25) is 0 Å². The topological polar surface area (TPSA) is 62.2 Å². The van der Waals surface area contributed by atoms with Crippen LogP contribution >= 0.6 is 23.1 Å². The lowest BCUT2D eigenvalue weighted by Gasteiger charge is -2.07. The van der Waals surface area contributed by atoms with Crippen molar-refractivity contribution in [3.8, 4) is 0 Å². The fraction of sp³-hybridized carbons (Fsp3) is 0.556. The molecule has 82 valence electrons. The molecule has 0 bridgehead atoms. The minimum absolute atomic E-state index is 0.128. The molecule has 1 unspecified atom stereocenters. The van der Waals surface area contributed by atoms with E-state index in [0.717, 1.165) is 6.54 Å². The lowest BCUT2D eigenvalue weighted by Crippen LogP contribution is -2.13. The number of thioether (sulfide) groups is 1. The summed E-state index contributed by atoms with van der Waals surface area (Å²) < 4.78 is 0. The smallest absolute Gasteiger partial charge is 0.355 e. The van der Waals surface area contributed by atoms with E-state index in [1.54, 1.807) is 5.38 Å². The van der Waals surface area contributed by atoms with E-state index in [2.05, 4.69) is 10.3 Å². The number of rotatable bonds is 4. The van der Waals surface area contributed by atoms with Crippen LogP contribution in [0, 0.1) is 5.92 Å². The van der Waals surface area contributed by atoms with Crippen LogP contribution in [0.15, 0.2) is 5.38 Å². The zero-order chi connectivity index (χ0) is 10.7. The van der Waals surface area contributed by atoms with Crippen LogP contribution < -0.4 is 5.32 Å². The number of carboxylic acid groups (broad SMARTS) is 1. The van der Waals surface area contributed by atoms with Gasteiger partial charge < -0.3 is 10.4 Å². The highest BCUT2D eigenvalue weighted by Gasteiger charge is 2.16. The van der Waals surface area contributed by atoms with Gasteiger partial charge in [-0.25, -0.2) is 9.78 Å². The van der Waals surface area contributed by atoms with Crippen molar-refractivity contribution in [1.82, 2.24) is 4.98 Å². The molecule has 2 heterocycles. The number of hydrogen-bond donors (Lipinski definition) is 2. The van der Waals surface area contributed by atoms with Crippen molar-refractivity contribution >= 4 is 34.2 Å². The number of nitrogens with one attached hydrogen (secondary N) is 1. The van der Waals surface area contributed by atoms with E-state index in [1.165, 1.54) is 29.3 Å². The van der Waals surface area contributed by atoms with Gasteiger partial charge in [0, 0.05) is 11.9 Å². The summed E-state index contributed by atoms with van der Waals surface area (Å²) in [4.78, 5) is 14.6. The van der Waals surface area contributed by atoms with E-state index >= 15 is 0 Å². The van der Waals surface area contributed by atoms with Gasteiger partial charge in [-0.3, -0.25) is 0 Å². The standard InChI is InChI=1S/C9H12N2O2S2/c12-8(13)7-5-15-9(11-7)10-3-6-1-2-14-4-6/h5-6H,1-4H2,(H,10,11)(H,12,13). The summed E-state index contributed by atoms with van der Waals surface area (Å²) in [5.74, 6) is 2.18. The molecule has 2 N–H and O–H groups in total. The van der Waals surface area contributed by atoms with Crippen molar-refractivity contribution in [3.05, 3.63) is 11.1 Å². The molecule has 1 aliphatic heterocycles. The Morgan fingerprint density at radius 2 is 2.60 bits per heavy atom. The molecule has 0 amide bonds. The molecule has 0 aliphatic carbocycles. The molecule has 1 atom stereocenters. The van der Waals surface area contributed by atoms with Crippen LogP contribution in [0.25, 0.3) is 0 Å². The average Bonchev–Trinajstić information content (AvgIpc) is 2.86. The molecule has 0 radical (unpaired) electrons. The monoisotopic (exact) mass is 244 g/mol. The molecule has 1 aromatic heterocycles. The fourth-order valence-electron chi connectivity index (χ4n) is 1.43. The van der Waals surface area contributed by atoms with Gasteiger partial charge in [0.25, 0.3) is 0 Å². The van der Waals surface area contributed by atoms with Crippen LogP contribution in [-0.2, 0) is 0 Å². The van der Waals surface area contributed by atoms with E-state index in [1.807, 2.05) is 11.8 Å². The Morgan fingerprint density at radius 1 is 1.73 bits per heavy atom. The first-order valence-corrected chi connectivity index (χ1v) is 6.79. The summed E-state index contributed by atoms with van der Waals surface area (Å²) in [7, 11) is 0. The van der Waals surface area contributed by atoms with Crippen molar-refractivity contribution in [2.45, 2.75) is 6.42 Å². The molecule has 0 saturated carbocycles. The maximum absolute atomic E-state index is 10.6. The zero-order valence-electron chi connectivity index (χ0n) is 8.10. The number of hydrogen-bond acceptors (Lipinski definition) is 5. The summed E-state index contributed by atoms with van der Waals surface area (Å²) in [5.41, 5.74) is 0.128. The molecule has 1 saturated heterocycles. The number of aromatic nitrogens is 1. The first-order chi connectivity index (χ1) is 7.25. The Hall–Kier alpha value is -0.750. The van der Waals surface area contributed by atoms with Crippen molar-refractivity contribution in [1.29, 1.82) is 0 Å². The molecule has 0 aromatic carbocycles. The van der Waals surface area contributed by atoms with Gasteiger partial charge in [-0.05, 0) is 23.8 Å². The largest absolute Gasteiger partial charge is 0.476 e. The summed E-state index contributed by atoms with van der Waals surface area (Å²) in [6.45, 7) is 0.902. The number of carboxylic acids is 1. The van der Waals surface area contributed by atoms with Gasteiger partial charge >= 0.3 is 5.97 Å². The maximum Gasteiger partial charge on any atom is 0.355 e. The van der Waals surface area contributed by atoms with E-state index in [0.29, 0.717) is 11.0 Å². The SMILES string of the molecule is O=C(O)c1csc(NCC2CCSC2)n1. The number of thiazole rings is 1. The van der Waals surface area contributed by atoms with Gasteiger partial charge in [-0.15, -0.1) is 11.3 Å². The molecule has 1 fully saturated rings. The summed E-state index contributed by atoms with van der Waals surface area (Å²) in [6, 6.07) is 0. The molecule has 6 heteroatoms. The Balaban J connectivity index is 1.84. The molecular weight excluding hydrogens is 232 g/mol. The van der Waals surface area contributed by atoms with Gasteiger partial charge in [-0.2, -0.15) is 11.8 Å². The third-order valence-corrected chi connectivity index (χ3v) is 4.32. The van der Waals surface area contributed by atoms with E-state index < -0.39 is 5.97 Å². The third kappa shape index (κ3) is 2.85. The van der Waals surface area contributed by atoms with E-state index in [9.17, 15) is 4.79 Å². The lowest BCUT2D eigenvalue weighted by atomic mass is 10.1. The van der Waals surface area contributed by atoms with Crippen LogP contribution in [-0.4, -0.2) is 34.1 Å². The zero-order valence-corrected chi connectivity index (χ0v) is 9.74. The normalized spacial score (nSPS) is 20.4. The Labute approximate surface area is 96.1 Å². The number of anilines is 1. The third-order valence-electron chi connectivity index (χ3n) is 2.29. The Morgan fingerprint density at radius 3 is 3.20 bits per heavy atom. The lowest BCUT2D eigenvalue weighted by molar-refractivity contribution is 0.0691. The minimum Gasteiger partial charge on any atom is -0.476 e. The summed E-state index contributed by atoms with van der Waals surface area (Å²) >= 11 is 3.33. The van der Waals surface area contributed by atoms with E-state index in [-0.39, 0.29) is 5.69 Å². The minimum atomic E-state index is -0.962. The van der Waals surface area contributed by atoms with Crippen LogP contribution in [0.3, 0.4) is 0 Å². The first-order valence-electron chi connectivity index (χ1n) is 4.76. The summed E-state index contributed by atoms with van der Waals surface area (Å²) in [5, 5.41) is 14.2. The molecule has 15 heavy (non-hydrogen) atoms. The number of nitrogens with zero attached hydrogens (tertiary/aromatic N) is 1. The number of aromatic carboxylic acids is 1. The quantitative estimate of drug-likeness (QED) is 0.848. The van der Waals surface area contributed by atoms with Crippen LogP contribution in [0.4, 0.5) is 5.13 Å². The van der Waals surface area contributed by atoms with Gasteiger partial charge in [0.15, 0.2) is 10.8 Å². The second kappa shape index (κ2) is 4.85. The van der Waals surface area contributed by atoms with Crippen LogP contribution in [0.1, 0.15) is 16.9 Å². The van der Waals surface area contributed by atoms with Gasteiger partial charge in [0.1, 0.15) is 0 Å². The highest BCUT2D eigenvalue weighted by molar-refractivity contribution is 7.99. The highest BCUT2D eigenvalue weighted by atomic mass is 32.2. The second-order valence-electron chi connectivity index (χ2n) is 3.45. The van der Waals surface area contributed by atoms with Gasteiger partial charge in [0.05, 0.1) is 0 Å². The molecule has 0 spiro atoms.